The second kappa shape index (κ2) is 10.8. The van der Waals surface area contributed by atoms with Gasteiger partial charge in [0, 0.05) is 15.8 Å². The van der Waals surface area contributed by atoms with Crippen LogP contribution in [0.4, 0.5) is 5.69 Å². The molecule has 0 spiro atoms. The van der Waals surface area contributed by atoms with Crippen LogP contribution >= 0.6 is 34.4 Å². The van der Waals surface area contributed by atoms with Crippen molar-refractivity contribution >= 4 is 45.9 Å². The second-order valence-electron chi connectivity index (χ2n) is 7.10. The molecular formula is C23H25IN4O2S. The Morgan fingerprint density at radius 3 is 2.61 bits per heavy atom. The van der Waals surface area contributed by atoms with Crippen molar-refractivity contribution in [1.82, 2.24) is 14.8 Å². The van der Waals surface area contributed by atoms with E-state index in [0.717, 1.165) is 31.7 Å². The molecular weight excluding hydrogens is 523 g/mol. The SMILES string of the molecule is C=CCn1c(COc2c(C)cccc2C)nnc1SCC(=O)Nc1ccc(I)cc1C. The zero-order chi connectivity index (χ0) is 22.4. The van der Waals surface area contributed by atoms with Crippen LogP contribution in [0.5, 0.6) is 5.75 Å². The molecule has 6 nitrogen and oxygen atoms in total. The van der Waals surface area contributed by atoms with Crippen LogP contribution in [-0.4, -0.2) is 26.4 Å². The fourth-order valence-electron chi connectivity index (χ4n) is 3.09. The Bertz CT molecular complexity index is 1080. The van der Waals surface area contributed by atoms with E-state index in [-0.39, 0.29) is 11.7 Å². The van der Waals surface area contributed by atoms with Gasteiger partial charge in [0.1, 0.15) is 12.4 Å². The van der Waals surface area contributed by atoms with Crippen LogP contribution in [-0.2, 0) is 17.9 Å². The van der Waals surface area contributed by atoms with E-state index < -0.39 is 0 Å². The first-order chi connectivity index (χ1) is 14.9. The number of amides is 1. The molecule has 0 fully saturated rings. The molecule has 1 N–H and O–H groups in total. The first kappa shape index (κ1) is 23.3. The average molecular weight is 548 g/mol. The number of para-hydroxylation sites is 1. The third kappa shape index (κ3) is 6.10. The van der Waals surface area contributed by atoms with Gasteiger partial charge in [0.2, 0.25) is 5.91 Å². The van der Waals surface area contributed by atoms with Crippen LogP contribution in [0, 0.1) is 24.3 Å². The van der Waals surface area contributed by atoms with Gasteiger partial charge in [0.25, 0.3) is 0 Å². The number of hydrogen-bond acceptors (Lipinski definition) is 5. The minimum atomic E-state index is -0.0872. The summed E-state index contributed by atoms with van der Waals surface area (Å²) in [7, 11) is 0. The smallest absolute Gasteiger partial charge is 0.234 e. The summed E-state index contributed by atoms with van der Waals surface area (Å²) in [5.41, 5.74) is 4.01. The van der Waals surface area contributed by atoms with Gasteiger partial charge >= 0.3 is 0 Å². The molecule has 3 aromatic rings. The highest BCUT2D eigenvalue weighted by Gasteiger charge is 2.15. The topological polar surface area (TPSA) is 69.0 Å². The Kier molecular flexibility index (Phi) is 8.14. The molecule has 1 heterocycles. The van der Waals surface area contributed by atoms with E-state index in [1.807, 2.05) is 61.7 Å². The Morgan fingerprint density at radius 1 is 1.19 bits per heavy atom. The highest BCUT2D eigenvalue weighted by atomic mass is 127. The van der Waals surface area contributed by atoms with Gasteiger partial charge in [-0.1, -0.05) is 36.0 Å². The highest BCUT2D eigenvalue weighted by molar-refractivity contribution is 14.1. The molecule has 162 valence electrons. The fourth-order valence-corrected chi connectivity index (χ4v) is 4.51. The van der Waals surface area contributed by atoms with E-state index >= 15 is 0 Å². The molecule has 2 aromatic carbocycles. The van der Waals surface area contributed by atoms with Gasteiger partial charge in [-0.3, -0.25) is 9.36 Å². The molecule has 0 aliphatic carbocycles. The largest absolute Gasteiger partial charge is 0.485 e. The van der Waals surface area contributed by atoms with Crippen molar-refractivity contribution in [2.75, 3.05) is 11.1 Å². The van der Waals surface area contributed by atoms with Crippen molar-refractivity contribution in [3.8, 4) is 5.75 Å². The van der Waals surface area contributed by atoms with E-state index in [1.54, 1.807) is 6.08 Å². The van der Waals surface area contributed by atoms with E-state index in [2.05, 4.69) is 44.7 Å². The van der Waals surface area contributed by atoms with Crippen LogP contribution in [0.15, 0.2) is 54.2 Å². The molecule has 0 aliphatic heterocycles. The number of halogens is 1. The average Bonchev–Trinajstić information content (AvgIpc) is 3.10. The summed E-state index contributed by atoms with van der Waals surface area (Å²) in [5.74, 6) is 1.70. The molecule has 0 bridgehead atoms. The number of nitrogens with one attached hydrogen (secondary N) is 1. The highest BCUT2D eigenvalue weighted by Crippen LogP contribution is 2.25. The first-order valence-electron chi connectivity index (χ1n) is 9.80. The number of carbonyl (C=O) groups excluding carboxylic acids is 1. The molecule has 0 aliphatic rings. The standard InChI is InChI=1S/C23H25IN4O2S/c1-5-11-28-20(13-30-22-15(2)7-6-8-16(22)3)26-27-23(28)31-14-21(29)25-19-10-9-18(24)12-17(19)4/h5-10,12H,1,11,13-14H2,2-4H3,(H,25,29). The summed E-state index contributed by atoms with van der Waals surface area (Å²) in [6.45, 7) is 10.7. The van der Waals surface area contributed by atoms with E-state index in [0.29, 0.717) is 24.1 Å². The number of carbonyl (C=O) groups is 1. The number of thioether (sulfide) groups is 1. The van der Waals surface area contributed by atoms with Gasteiger partial charge in [0.15, 0.2) is 11.0 Å². The number of benzene rings is 2. The Morgan fingerprint density at radius 2 is 1.94 bits per heavy atom. The van der Waals surface area contributed by atoms with Crippen LogP contribution in [0.25, 0.3) is 0 Å². The van der Waals surface area contributed by atoms with Crippen molar-refractivity contribution in [2.45, 2.75) is 39.1 Å². The van der Waals surface area contributed by atoms with E-state index in [4.69, 9.17) is 4.74 Å². The number of aromatic nitrogens is 3. The van der Waals surface area contributed by atoms with Crippen LogP contribution in [0.3, 0.4) is 0 Å². The van der Waals surface area contributed by atoms with Gasteiger partial charge in [-0.05, 0) is 78.3 Å². The van der Waals surface area contributed by atoms with Crippen molar-refractivity contribution in [3.05, 3.63) is 75.1 Å². The van der Waals surface area contributed by atoms with Crippen molar-refractivity contribution in [1.29, 1.82) is 0 Å². The van der Waals surface area contributed by atoms with Crippen LogP contribution in [0.2, 0.25) is 0 Å². The molecule has 0 atom stereocenters. The molecule has 3 rings (SSSR count). The van der Waals surface area contributed by atoms with Crippen LogP contribution in [0.1, 0.15) is 22.5 Å². The summed E-state index contributed by atoms with van der Waals surface area (Å²) >= 11 is 3.60. The predicted octanol–water partition coefficient (Wildman–Crippen LogP) is 5.30. The number of nitrogens with zero attached hydrogens (tertiary/aromatic N) is 3. The molecule has 8 heteroatoms. The van der Waals surface area contributed by atoms with Crippen molar-refractivity contribution in [2.24, 2.45) is 0 Å². The summed E-state index contributed by atoms with van der Waals surface area (Å²) in [4.78, 5) is 12.4. The maximum atomic E-state index is 12.4. The lowest BCUT2D eigenvalue weighted by Gasteiger charge is -2.13. The summed E-state index contributed by atoms with van der Waals surface area (Å²) in [6.07, 6.45) is 1.78. The lowest BCUT2D eigenvalue weighted by Crippen LogP contribution is -2.15. The zero-order valence-electron chi connectivity index (χ0n) is 17.8. The number of allylic oxidation sites excluding steroid dienone is 1. The lowest BCUT2D eigenvalue weighted by molar-refractivity contribution is -0.113. The van der Waals surface area contributed by atoms with Gasteiger partial charge in [0.05, 0.1) is 5.75 Å². The third-order valence-corrected chi connectivity index (χ3v) is 6.29. The Labute approximate surface area is 200 Å². The van der Waals surface area contributed by atoms with Gasteiger partial charge in [-0.2, -0.15) is 0 Å². The quantitative estimate of drug-likeness (QED) is 0.223. The normalized spacial score (nSPS) is 10.7. The molecule has 0 radical (unpaired) electrons. The maximum Gasteiger partial charge on any atom is 0.234 e. The van der Waals surface area contributed by atoms with Crippen molar-refractivity contribution < 1.29 is 9.53 Å². The third-order valence-electron chi connectivity index (χ3n) is 4.65. The van der Waals surface area contributed by atoms with E-state index in [1.165, 1.54) is 11.8 Å². The Balaban J connectivity index is 1.65. The fraction of sp³-hybridized carbons (Fsp3) is 0.261. The summed E-state index contributed by atoms with van der Waals surface area (Å²) in [5, 5.41) is 12.2. The molecule has 0 unspecified atom stereocenters. The van der Waals surface area contributed by atoms with Gasteiger partial charge < -0.3 is 10.1 Å². The van der Waals surface area contributed by atoms with Gasteiger partial charge in [-0.15, -0.1) is 16.8 Å². The molecule has 1 amide bonds. The van der Waals surface area contributed by atoms with Crippen molar-refractivity contribution in [3.63, 3.8) is 0 Å². The minimum absolute atomic E-state index is 0.0872. The number of hydrogen-bond donors (Lipinski definition) is 1. The first-order valence-corrected chi connectivity index (χ1v) is 11.9. The number of ether oxygens (including phenoxy) is 1. The van der Waals surface area contributed by atoms with Crippen LogP contribution < -0.4 is 10.1 Å². The number of rotatable bonds is 9. The second-order valence-corrected chi connectivity index (χ2v) is 9.29. The summed E-state index contributed by atoms with van der Waals surface area (Å²) < 4.78 is 9.09. The van der Waals surface area contributed by atoms with E-state index in [9.17, 15) is 4.79 Å². The predicted molar refractivity (Wildman–Crippen MR) is 134 cm³/mol. The Hall–Kier alpha value is -2.33. The number of anilines is 1. The zero-order valence-corrected chi connectivity index (χ0v) is 20.8. The number of aryl methyl sites for hydroxylation is 3. The van der Waals surface area contributed by atoms with Gasteiger partial charge in [-0.25, -0.2) is 0 Å². The lowest BCUT2D eigenvalue weighted by atomic mass is 10.1. The summed E-state index contributed by atoms with van der Waals surface area (Å²) in [6, 6.07) is 12.0. The monoisotopic (exact) mass is 548 g/mol. The molecule has 31 heavy (non-hydrogen) atoms. The maximum absolute atomic E-state index is 12.4. The molecule has 1 aromatic heterocycles. The molecule has 0 saturated heterocycles. The molecule has 0 saturated carbocycles. The minimum Gasteiger partial charge on any atom is -0.485 e.